The van der Waals surface area contributed by atoms with Crippen LogP contribution in [0, 0.1) is 5.92 Å². The van der Waals surface area contributed by atoms with Crippen LogP contribution in [0.25, 0.3) is 0 Å². The molecule has 0 aromatic rings. The maximum absolute atomic E-state index is 11.5. The second kappa shape index (κ2) is 2.71. The predicted molar refractivity (Wildman–Crippen MR) is 47.2 cm³/mol. The van der Waals surface area contributed by atoms with Crippen LogP contribution in [-0.2, 0) is 9.53 Å². The molecule has 3 heterocycles. The number of hydrogen-bond donors (Lipinski definition) is 0. The third kappa shape index (κ3) is 1.10. The van der Waals surface area contributed by atoms with Gasteiger partial charge < -0.3 is 9.64 Å². The Morgan fingerprint density at radius 2 is 2.31 bits per heavy atom. The van der Waals surface area contributed by atoms with Crippen LogP contribution in [0.5, 0.6) is 0 Å². The van der Waals surface area contributed by atoms with E-state index >= 15 is 0 Å². The lowest BCUT2D eigenvalue weighted by Gasteiger charge is -2.36. The maximum atomic E-state index is 11.5. The zero-order valence-corrected chi connectivity index (χ0v) is 7.74. The monoisotopic (exact) mass is 181 g/mol. The molecule has 0 radical (unpaired) electrons. The minimum absolute atomic E-state index is 0.346. The van der Waals surface area contributed by atoms with Gasteiger partial charge in [-0.15, -0.1) is 0 Å². The summed E-state index contributed by atoms with van der Waals surface area (Å²) in [4.78, 5) is 13.5. The molecule has 3 aliphatic heterocycles. The van der Waals surface area contributed by atoms with Crippen molar-refractivity contribution in [3.63, 3.8) is 0 Å². The number of piperidine rings is 1. The molecule has 72 valence electrons. The molecule has 0 saturated carbocycles. The van der Waals surface area contributed by atoms with E-state index in [0.29, 0.717) is 18.1 Å². The van der Waals surface area contributed by atoms with Gasteiger partial charge in [-0.2, -0.15) is 0 Å². The Morgan fingerprint density at radius 1 is 1.38 bits per heavy atom. The van der Waals surface area contributed by atoms with Gasteiger partial charge in [0.05, 0.1) is 6.10 Å². The lowest BCUT2D eigenvalue weighted by molar-refractivity contribution is -0.132. The van der Waals surface area contributed by atoms with Crippen molar-refractivity contribution in [1.29, 1.82) is 0 Å². The number of fused-ring (bicyclic) bond motifs is 2. The first-order valence-corrected chi connectivity index (χ1v) is 5.25. The highest BCUT2D eigenvalue weighted by molar-refractivity contribution is 5.79. The lowest BCUT2D eigenvalue weighted by Crippen LogP contribution is -2.47. The van der Waals surface area contributed by atoms with Crippen molar-refractivity contribution in [3.05, 3.63) is 0 Å². The van der Waals surface area contributed by atoms with Crippen LogP contribution in [0.15, 0.2) is 0 Å². The summed E-state index contributed by atoms with van der Waals surface area (Å²) >= 11 is 0. The van der Waals surface area contributed by atoms with Gasteiger partial charge in [-0.05, 0) is 25.2 Å². The molecule has 3 fully saturated rings. The number of nitrogens with zero attached hydrogens (tertiary/aromatic N) is 1. The van der Waals surface area contributed by atoms with E-state index < -0.39 is 0 Å². The molecule has 0 unspecified atom stereocenters. The molecular formula is C10H15NO2. The molecule has 3 aliphatic rings. The summed E-state index contributed by atoms with van der Waals surface area (Å²) in [6.07, 6.45) is 4.62. The minimum Gasteiger partial charge on any atom is -0.376 e. The van der Waals surface area contributed by atoms with Crippen LogP contribution in [0.4, 0.5) is 0 Å². The van der Waals surface area contributed by atoms with Crippen molar-refractivity contribution in [2.45, 2.75) is 37.8 Å². The number of rotatable bonds is 0. The molecular weight excluding hydrogens is 166 g/mol. The van der Waals surface area contributed by atoms with Crippen LogP contribution in [0.1, 0.15) is 25.7 Å². The highest BCUT2D eigenvalue weighted by Gasteiger charge is 2.43. The number of hydrogen-bond acceptors (Lipinski definition) is 2. The van der Waals surface area contributed by atoms with Gasteiger partial charge in [-0.3, -0.25) is 4.79 Å². The molecule has 0 spiro atoms. The Morgan fingerprint density at radius 3 is 3.23 bits per heavy atom. The van der Waals surface area contributed by atoms with Crippen LogP contribution < -0.4 is 0 Å². The fraction of sp³-hybridized carbons (Fsp3) is 0.900. The van der Waals surface area contributed by atoms with E-state index in [1.165, 1.54) is 12.8 Å². The fourth-order valence-electron chi connectivity index (χ4n) is 3.00. The predicted octanol–water partition coefficient (Wildman–Crippen LogP) is 0.786. The van der Waals surface area contributed by atoms with Gasteiger partial charge in [0.25, 0.3) is 0 Å². The fourth-order valence-corrected chi connectivity index (χ4v) is 3.00. The van der Waals surface area contributed by atoms with Crippen molar-refractivity contribution in [2.24, 2.45) is 5.92 Å². The first kappa shape index (κ1) is 7.80. The second-order valence-electron chi connectivity index (χ2n) is 4.43. The number of carbonyl (C=O) groups excluding carboxylic acids is 1. The molecule has 3 heteroatoms. The van der Waals surface area contributed by atoms with E-state index in [-0.39, 0.29) is 0 Å². The molecule has 13 heavy (non-hydrogen) atoms. The van der Waals surface area contributed by atoms with E-state index in [0.717, 1.165) is 31.9 Å². The maximum Gasteiger partial charge on any atom is 0.222 e. The van der Waals surface area contributed by atoms with Gasteiger partial charge in [-0.25, -0.2) is 0 Å². The third-order valence-corrected chi connectivity index (χ3v) is 3.75. The highest BCUT2D eigenvalue weighted by atomic mass is 16.5. The number of amides is 1. The summed E-state index contributed by atoms with van der Waals surface area (Å²) in [6, 6.07) is 0.551. The standard InChI is InChI=1S/C10H15NO2/c12-10-2-1-8-5-7-3-4-13-9(7)6-11(8)10/h7-9H,1-6H2/t7-,8-,9+/m0/s1. The summed E-state index contributed by atoms with van der Waals surface area (Å²) in [5, 5.41) is 0. The topological polar surface area (TPSA) is 29.5 Å². The summed E-state index contributed by atoms with van der Waals surface area (Å²) in [5.41, 5.74) is 0. The van der Waals surface area contributed by atoms with E-state index in [1.807, 2.05) is 4.90 Å². The molecule has 3 rings (SSSR count). The molecule has 0 aliphatic carbocycles. The SMILES string of the molecule is O=C1CC[C@H]2C[C@@H]3CCO[C@@H]3CN12. The molecule has 0 aromatic carbocycles. The van der Waals surface area contributed by atoms with E-state index in [4.69, 9.17) is 4.74 Å². The highest BCUT2D eigenvalue weighted by Crippen LogP contribution is 2.37. The molecule has 3 nitrogen and oxygen atoms in total. The van der Waals surface area contributed by atoms with Crippen molar-refractivity contribution in [1.82, 2.24) is 4.90 Å². The summed E-state index contributed by atoms with van der Waals surface area (Å²) in [5.74, 6) is 1.09. The van der Waals surface area contributed by atoms with Crippen LogP contribution in [-0.4, -0.2) is 36.1 Å². The smallest absolute Gasteiger partial charge is 0.222 e. The Kier molecular flexibility index (Phi) is 1.62. The first-order valence-electron chi connectivity index (χ1n) is 5.25. The summed E-state index contributed by atoms with van der Waals surface area (Å²) in [6.45, 7) is 1.78. The Bertz CT molecular complexity index is 241. The normalized spacial score (nSPS) is 43.5. The summed E-state index contributed by atoms with van der Waals surface area (Å²) in [7, 11) is 0. The van der Waals surface area contributed by atoms with Crippen molar-refractivity contribution < 1.29 is 9.53 Å². The van der Waals surface area contributed by atoms with Gasteiger partial charge in [0.15, 0.2) is 0 Å². The van der Waals surface area contributed by atoms with Gasteiger partial charge in [0.2, 0.25) is 5.91 Å². The number of carbonyl (C=O) groups is 1. The van der Waals surface area contributed by atoms with Crippen LogP contribution in [0.3, 0.4) is 0 Å². The zero-order valence-electron chi connectivity index (χ0n) is 7.74. The number of ether oxygens (including phenoxy) is 1. The van der Waals surface area contributed by atoms with Gasteiger partial charge in [0.1, 0.15) is 0 Å². The van der Waals surface area contributed by atoms with E-state index in [2.05, 4.69) is 0 Å². The lowest BCUT2D eigenvalue weighted by atomic mass is 9.88. The van der Waals surface area contributed by atoms with Gasteiger partial charge >= 0.3 is 0 Å². The first-order chi connectivity index (χ1) is 6.34. The third-order valence-electron chi connectivity index (χ3n) is 3.75. The summed E-state index contributed by atoms with van der Waals surface area (Å²) < 4.78 is 5.62. The van der Waals surface area contributed by atoms with Crippen LogP contribution >= 0.6 is 0 Å². The Balaban J connectivity index is 1.79. The molecule has 3 saturated heterocycles. The molecule has 0 bridgehead atoms. The zero-order chi connectivity index (χ0) is 8.84. The molecule has 1 amide bonds. The van der Waals surface area contributed by atoms with E-state index in [9.17, 15) is 4.79 Å². The average Bonchev–Trinajstić information content (AvgIpc) is 2.70. The Hall–Kier alpha value is -0.570. The molecule has 0 N–H and O–H groups in total. The van der Waals surface area contributed by atoms with Crippen molar-refractivity contribution >= 4 is 5.91 Å². The second-order valence-corrected chi connectivity index (χ2v) is 4.43. The van der Waals surface area contributed by atoms with Gasteiger partial charge in [-0.1, -0.05) is 0 Å². The average molecular weight is 181 g/mol. The van der Waals surface area contributed by atoms with E-state index in [1.54, 1.807) is 0 Å². The van der Waals surface area contributed by atoms with Crippen molar-refractivity contribution in [3.8, 4) is 0 Å². The molecule has 0 aromatic heterocycles. The minimum atomic E-state index is 0.346. The van der Waals surface area contributed by atoms with Gasteiger partial charge in [0, 0.05) is 25.6 Å². The van der Waals surface area contributed by atoms with Crippen LogP contribution in [0.2, 0.25) is 0 Å². The van der Waals surface area contributed by atoms with Crippen molar-refractivity contribution in [2.75, 3.05) is 13.2 Å². The molecule has 3 atom stereocenters. The quantitative estimate of drug-likeness (QED) is 0.553. The Labute approximate surface area is 78.0 Å². The largest absolute Gasteiger partial charge is 0.376 e.